The first-order valence-electron chi connectivity index (χ1n) is 9.69. The molecule has 6 nitrogen and oxygen atoms in total. The summed E-state index contributed by atoms with van der Waals surface area (Å²) in [5, 5.41) is 6.24. The van der Waals surface area contributed by atoms with Crippen LogP contribution >= 0.6 is 23.2 Å². The van der Waals surface area contributed by atoms with Gasteiger partial charge in [-0.25, -0.2) is 4.79 Å². The number of urea groups is 1. The molecular weight excluding hydrogens is 425 g/mol. The van der Waals surface area contributed by atoms with E-state index >= 15 is 0 Å². The van der Waals surface area contributed by atoms with E-state index in [1.165, 1.54) is 0 Å². The third kappa shape index (κ3) is 4.99. The van der Waals surface area contributed by atoms with Crippen LogP contribution in [0.4, 0.5) is 21.9 Å². The quantitative estimate of drug-likeness (QED) is 0.596. The lowest BCUT2D eigenvalue weighted by Crippen LogP contribution is -2.43. The summed E-state index contributed by atoms with van der Waals surface area (Å²) < 4.78 is 5.95. The van der Waals surface area contributed by atoms with Crippen molar-refractivity contribution in [3.8, 4) is 5.75 Å². The van der Waals surface area contributed by atoms with Gasteiger partial charge < -0.3 is 20.3 Å². The fourth-order valence-corrected chi connectivity index (χ4v) is 3.44. The number of rotatable bonds is 4. The minimum atomic E-state index is -0.646. The van der Waals surface area contributed by atoms with E-state index in [2.05, 4.69) is 24.5 Å². The van der Waals surface area contributed by atoms with Gasteiger partial charge in [-0.2, -0.15) is 0 Å². The largest absolute Gasteiger partial charge is 0.490 e. The first kappa shape index (κ1) is 22.2. The molecule has 0 saturated carbocycles. The van der Waals surface area contributed by atoms with Gasteiger partial charge in [-0.1, -0.05) is 37.0 Å². The van der Waals surface area contributed by atoms with Gasteiger partial charge in [0.25, 0.3) is 0 Å². The Hall–Kier alpha value is -2.44. The van der Waals surface area contributed by atoms with Crippen molar-refractivity contribution in [2.75, 3.05) is 28.7 Å². The van der Waals surface area contributed by atoms with Gasteiger partial charge in [-0.3, -0.25) is 4.79 Å². The number of fused-ring (bicyclic) bond motifs is 1. The van der Waals surface area contributed by atoms with Crippen LogP contribution in [0.15, 0.2) is 36.4 Å². The van der Waals surface area contributed by atoms with Crippen LogP contribution in [0.1, 0.15) is 27.7 Å². The predicted molar refractivity (Wildman–Crippen MR) is 122 cm³/mol. The van der Waals surface area contributed by atoms with Crippen molar-refractivity contribution in [1.82, 2.24) is 0 Å². The van der Waals surface area contributed by atoms with E-state index in [1.807, 2.05) is 13.8 Å². The second-order valence-corrected chi connectivity index (χ2v) is 9.19. The van der Waals surface area contributed by atoms with Crippen molar-refractivity contribution in [2.45, 2.75) is 27.7 Å². The number of carbonyl (C=O) groups excluding carboxylic acids is 2. The standard InChI is InChI=1S/C22H25Cl2N3O3/c1-13(2)11-27-18-8-6-15(10-19(18)30-12-22(3,4)20(27)28)26-21(29)25-14-5-7-16(23)17(24)9-14/h5-10,13H,11-12H2,1-4H3,(H2,25,26,29). The van der Waals surface area contributed by atoms with Crippen LogP contribution in [0.2, 0.25) is 10.0 Å². The van der Waals surface area contributed by atoms with E-state index in [9.17, 15) is 9.59 Å². The zero-order valence-corrected chi connectivity index (χ0v) is 18.9. The van der Waals surface area contributed by atoms with Crippen molar-refractivity contribution in [1.29, 1.82) is 0 Å². The minimum Gasteiger partial charge on any atom is -0.490 e. The SMILES string of the molecule is CC(C)CN1C(=O)C(C)(C)COc2cc(NC(=O)Nc3ccc(Cl)c(Cl)c3)ccc21. The molecule has 0 fully saturated rings. The third-order valence-electron chi connectivity index (χ3n) is 4.65. The molecule has 1 aliphatic heterocycles. The summed E-state index contributed by atoms with van der Waals surface area (Å²) in [6.07, 6.45) is 0. The molecule has 0 atom stereocenters. The summed E-state index contributed by atoms with van der Waals surface area (Å²) >= 11 is 11.9. The Morgan fingerprint density at radius 1 is 1.10 bits per heavy atom. The highest BCUT2D eigenvalue weighted by molar-refractivity contribution is 6.42. The number of nitrogens with one attached hydrogen (secondary N) is 2. The average Bonchev–Trinajstić information content (AvgIpc) is 2.75. The fourth-order valence-electron chi connectivity index (χ4n) is 3.14. The molecule has 0 unspecified atom stereocenters. The molecular formula is C22H25Cl2N3O3. The molecule has 1 heterocycles. The summed E-state index contributed by atoms with van der Waals surface area (Å²) in [6.45, 7) is 8.72. The lowest BCUT2D eigenvalue weighted by Gasteiger charge is -2.29. The molecule has 0 radical (unpaired) electrons. The lowest BCUT2D eigenvalue weighted by atomic mass is 9.92. The lowest BCUT2D eigenvalue weighted by molar-refractivity contribution is -0.127. The Labute approximate surface area is 186 Å². The van der Waals surface area contributed by atoms with Crippen molar-refractivity contribution in [3.63, 3.8) is 0 Å². The van der Waals surface area contributed by atoms with E-state index in [-0.39, 0.29) is 12.5 Å². The van der Waals surface area contributed by atoms with Gasteiger partial charge in [0.15, 0.2) is 0 Å². The molecule has 0 bridgehead atoms. The normalized spacial score (nSPS) is 15.3. The van der Waals surface area contributed by atoms with Crippen molar-refractivity contribution >= 4 is 52.2 Å². The molecule has 2 aromatic rings. The summed E-state index contributed by atoms with van der Waals surface area (Å²) in [5.41, 5.74) is 1.12. The van der Waals surface area contributed by atoms with Gasteiger partial charge in [0.1, 0.15) is 12.4 Å². The van der Waals surface area contributed by atoms with Gasteiger partial charge >= 0.3 is 6.03 Å². The smallest absolute Gasteiger partial charge is 0.323 e. The van der Waals surface area contributed by atoms with Gasteiger partial charge in [-0.05, 0) is 50.1 Å². The number of carbonyl (C=O) groups is 2. The van der Waals surface area contributed by atoms with E-state index in [0.717, 1.165) is 0 Å². The molecule has 160 valence electrons. The van der Waals surface area contributed by atoms with Gasteiger partial charge in [0.05, 0.1) is 21.1 Å². The van der Waals surface area contributed by atoms with Crippen molar-refractivity contribution < 1.29 is 14.3 Å². The molecule has 2 aromatic carbocycles. The zero-order valence-electron chi connectivity index (χ0n) is 17.4. The Balaban J connectivity index is 1.81. The van der Waals surface area contributed by atoms with E-state index in [4.69, 9.17) is 27.9 Å². The van der Waals surface area contributed by atoms with E-state index < -0.39 is 11.4 Å². The molecule has 2 N–H and O–H groups in total. The van der Waals surface area contributed by atoms with E-state index in [0.29, 0.717) is 45.3 Å². The molecule has 1 aliphatic rings. The van der Waals surface area contributed by atoms with Crippen LogP contribution in [-0.2, 0) is 4.79 Å². The Morgan fingerprint density at radius 3 is 2.37 bits per heavy atom. The first-order valence-corrected chi connectivity index (χ1v) is 10.4. The Bertz CT molecular complexity index is 976. The summed E-state index contributed by atoms with van der Waals surface area (Å²) in [4.78, 5) is 27.2. The van der Waals surface area contributed by atoms with Crippen LogP contribution in [-0.4, -0.2) is 25.1 Å². The third-order valence-corrected chi connectivity index (χ3v) is 5.39. The Morgan fingerprint density at radius 2 is 1.73 bits per heavy atom. The van der Waals surface area contributed by atoms with Crippen molar-refractivity contribution in [3.05, 3.63) is 46.4 Å². The maximum atomic E-state index is 13.0. The number of halogens is 2. The number of ether oxygens (including phenoxy) is 1. The summed E-state index contributed by atoms with van der Waals surface area (Å²) in [6, 6.07) is 9.68. The van der Waals surface area contributed by atoms with Gasteiger partial charge in [0.2, 0.25) is 5.91 Å². The number of benzene rings is 2. The number of nitrogens with zero attached hydrogens (tertiary/aromatic N) is 1. The van der Waals surface area contributed by atoms with Gasteiger partial charge in [0, 0.05) is 24.0 Å². The number of hydrogen-bond donors (Lipinski definition) is 2. The topological polar surface area (TPSA) is 70.7 Å². The fraction of sp³-hybridized carbons (Fsp3) is 0.364. The van der Waals surface area contributed by atoms with Crippen LogP contribution < -0.4 is 20.3 Å². The van der Waals surface area contributed by atoms with Crippen LogP contribution in [0.25, 0.3) is 0 Å². The predicted octanol–water partition coefficient (Wildman–Crippen LogP) is 6.05. The molecule has 3 rings (SSSR count). The second-order valence-electron chi connectivity index (χ2n) is 8.37. The maximum absolute atomic E-state index is 13.0. The minimum absolute atomic E-state index is 0.0213. The molecule has 0 saturated heterocycles. The molecule has 0 spiro atoms. The zero-order chi connectivity index (χ0) is 22.1. The highest BCUT2D eigenvalue weighted by Crippen LogP contribution is 2.38. The highest BCUT2D eigenvalue weighted by Gasteiger charge is 2.38. The van der Waals surface area contributed by atoms with Gasteiger partial charge in [-0.15, -0.1) is 0 Å². The molecule has 30 heavy (non-hydrogen) atoms. The van der Waals surface area contributed by atoms with Crippen LogP contribution in [0.5, 0.6) is 5.75 Å². The first-order chi connectivity index (χ1) is 14.1. The second kappa shape index (κ2) is 8.74. The highest BCUT2D eigenvalue weighted by atomic mass is 35.5. The molecule has 0 aromatic heterocycles. The number of hydrogen-bond acceptors (Lipinski definition) is 3. The molecule has 0 aliphatic carbocycles. The Kier molecular flexibility index (Phi) is 6.48. The summed E-state index contributed by atoms with van der Waals surface area (Å²) in [5.74, 6) is 0.875. The van der Waals surface area contributed by atoms with E-state index in [1.54, 1.807) is 41.3 Å². The van der Waals surface area contributed by atoms with Crippen molar-refractivity contribution in [2.24, 2.45) is 11.3 Å². The average molecular weight is 450 g/mol. The summed E-state index contributed by atoms with van der Waals surface area (Å²) in [7, 11) is 0. The van der Waals surface area contributed by atoms with Crippen LogP contribution in [0, 0.1) is 11.3 Å². The molecule has 3 amide bonds. The van der Waals surface area contributed by atoms with Crippen LogP contribution in [0.3, 0.4) is 0 Å². The number of anilines is 3. The number of amides is 3. The molecule has 8 heteroatoms. The monoisotopic (exact) mass is 449 g/mol. The maximum Gasteiger partial charge on any atom is 0.323 e.